The predicted molar refractivity (Wildman–Crippen MR) is 167 cm³/mol. The third-order valence-electron chi connectivity index (χ3n) is 16.6. The summed E-state index contributed by atoms with van der Waals surface area (Å²) in [4.78, 5) is 25.7. The lowest BCUT2D eigenvalue weighted by Gasteiger charge is -2.65. The van der Waals surface area contributed by atoms with Crippen LogP contribution in [0, 0.1) is 50.7 Å². The minimum atomic E-state index is -1.31. The van der Waals surface area contributed by atoms with E-state index in [1.807, 2.05) is 0 Å². The van der Waals surface area contributed by atoms with Crippen molar-refractivity contribution in [1.82, 2.24) is 0 Å². The Labute approximate surface area is 282 Å². The van der Waals surface area contributed by atoms with Crippen LogP contribution >= 0.6 is 0 Å². The first-order valence-corrected chi connectivity index (χ1v) is 18.5. The van der Waals surface area contributed by atoms with Crippen molar-refractivity contribution in [2.24, 2.45) is 50.7 Å². The van der Waals surface area contributed by atoms with Crippen LogP contribution in [0.1, 0.15) is 99.8 Å². The maximum Gasteiger partial charge on any atom is 0.343 e. The van der Waals surface area contributed by atoms with Crippen molar-refractivity contribution in [1.29, 1.82) is 0 Å². The van der Waals surface area contributed by atoms with Gasteiger partial charge in [0.05, 0.1) is 18.8 Å². The van der Waals surface area contributed by atoms with Gasteiger partial charge in [-0.3, -0.25) is 4.79 Å². The van der Waals surface area contributed by atoms with E-state index in [0.29, 0.717) is 18.3 Å². The van der Waals surface area contributed by atoms with Crippen LogP contribution < -0.4 is 0 Å². The number of esters is 2. The smallest absolute Gasteiger partial charge is 0.343 e. The molecule has 0 radical (unpaired) electrons. The van der Waals surface area contributed by atoms with E-state index in [1.165, 1.54) is 6.92 Å². The summed E-state index contributed by atoms with van der Waals surface area (Å²) in [6.45, 7) is 14.9. The standard InChI is InChI=1S/C37H54O11/c1-17-12-37(29-34(7,47-29)30(42)48-37)46-20-13-32(5)22-9-8-21-31(3,4)23(45-28-27(41)26(40)19(39)15-43-28)10-11-35(21)16-36(22,35)14-24(44-18(2)38)33(32,6)25(17)20/h17,19-29,39-41H,8-16H2,1-7H3/t17-,19-,20+,21+,22+,23+,24-,25+,26+,27-,28+,29?,32+,33-,34?,35-,36+,37?/m1/s1. The zero-order chi connectivity index (χ0) is 34.2. The Morgan fingerprint density at radius 1 is 0.896 bits per heavy atom. The van der Waals surface area contributed by atoms with E-state index in [4.69, 9.17) is 28.4 Å². The fourth-order valence-corrected chi connectivity index (χ4v) is 14.5. The molecule has 11 heteroatoms. The second-order valence-corrected chi connectivity index (χ2v) is 18.8. The van der Waals surface area contributed by atoms with Crippen molar-refractivity contribution < 1.29 is 53.3 Å². The van der Waals surface area contributed by atoms with Crippen LogP contribution in [0.25, 0.3) is 0 Å². The number of carbonyl (C=O) groups excluding carboxylic acids is 2. The number of hydrogen-bond donors (Lipinski definition) is 3. The molecule has 0 aromatic rings. The molecule has 0 aromatic carbocycles. The Morgan fingerprint density at radius 3 is 2.29 bits per heavy atom. The van der Waals surface area contributed by atoms with Gasteiger partial charge in [-0.05, 0) is 97.2 Å². The second kappa shape index (κ2) is 9.55. The second-order valence-electron chi connectivity index (χ2n) is 18.8. The molecule has 18 atom stereocenters. The molecule has 11 nitrogen and oxygen atoms in total. The molecule has 48 heavy (non-hydrogen) atoms. The topological polar surface area (TPSA) is 154 Å². The minimum Gasteiger partial charge on any atom is -0.462 e. The number of aliphatic hydroxyl groups excluding tert-OH is 3. The van der Waals surface area contributed by atoms with Crippen LogP contribution in [0.5, 0.6) is 0 Å². The van der Waals surface area contributed by atoms with Gasteiger partial charge >= 0.3 is 11.9 Å². The fraction of sp³-hybridized carbons (Fsp3) is 0.946. The van der Waals surface area contributed by atoms with E-state index in [-0.39, 0.29) is 81.9 Å². The predicted octanol–water partition coefficient (Wildman–Crippen LogP) is 3.24. The molecule has 5 aliphatic carbocycles. The van der Waals surface area contributed by atoms with Gasteiger partial charge in [-0.2, -0.15) is 0 Å². The molecule has 4 aliphatic heterocycles. The lowest BCUT2D eigenvalue weighted by atomic mass is 9.41. The minimum absolute atomic E-state index is 0.0279. The quantitative estimate of drug-likeness (QED) is 0.230. The Balaban J connectivity index is 1.03. The molecule has 0 aromatic heterocycles. The van der Waals surface area contributed by atoms with Crippen molar-refractivity contribution in [3.8, 4) is 0 Å². The lowest BCUT2D eigenvalue weighted by Crippen LogP contribution is -2.64. The van der Waals surface area contributed by atoms with Gasteiger partial charge in [-0.1, -0.05) is 34.6 Å². The summed E-state index contributed by atoms with van der Waals surface area (Å²) in [5.74, 6) is -0.512. The SMILES string of the molecule is CC(=O)O[C@@H]1C[C@@]23C[C@@]24CC[C@H](O[C@@H]2OC[C@@H](O)[C@H](O)[C@H]2O)C(C)(C)[C@@H]4CC[C@H]3[C@]2(C)C[C@@H]3OC4(C[C@@H](C)[C@@H]3[C@@]12C)OC(=O)C1(C)OC41. The third kappa shape index (κ3) is 3.65. The average molecular weight is 675 g/mol. The van der Waals surface area contributed by atoms with Gasteiger partial charge in [0, 0.05) is 18.8 Å². The molecule has 3 unspecified atom stereocenters. The van der Waals surface area contributed by atoms with E-state index < -0.39 is 36.0 Å². The van der Waals surface area contributed by atoms with Gasteiger partial charge in [0.15, 0.2) is 18.0 Å². The first-order chi connectivity index (χ1) is 22.4. The zero-order valence-corrected chi connectivity index (χ0v) is 29.4. The van der Waals surface area contributed by atoms with Crippen molar-refractivity contribution in [2.45, 2.75) is 160 Å². The van der Waals surface area contributed by atoms with Gasteiger partial charge in [0.2, 0.25) is 5.79 Å². The fourth-order valence-electron chi connectivity index (χ4n) is 14.5. The molecule has 9 rings (SSSR count). The maximum atomic E-state index is 12.9. The van der Waals surface area contributed by atoms with E-state index in [1.54, 1.807) is 6.92 Å². The molecule has 5 saturated carbocycles. The van der Waals surface area contributed by atoms with Gasteiger partial charge in [0.25, 0.3) is 0 Å². The highest BCUT2D eigenvalue weighted by atomic mass is 16.8. The first-order valence-electron chi connectivity index (χ1n) is 18.5. The largest absolute Gasteiger partial charge is 0.462 e. The number of ether oxygens (including phenoxy) is 6. The first kappa shape index (κ1) is 32.6. The molecule has 4 saturated heterocycles. The summed E-state index contributed by atoms with van der Waals surface area (Å²) < 4.78 is 37.5. The summed E-state index contributed by atoms with van der Waals surface area (Å²) in [6.07, 6.45) is 1.54. The molecule has 3 spiro atoms. The molecule has 0 amide bonds. The van der Waals surface area contributed by atoms with Gasteiger partial charge < -0.3 is 43.7 Å². The van der Waals surface area contributed by atoms with Gasteiger partial charge in [-0.25, -0.2) is 4.79 Å². The van der Waals surface area contributed by atoms with Crippen molar-refractivity contribution >= 4 is 11.9 Å². The molecule has 9 fully saturated rings. The van der Waals surface area contributed by atoms with Crippen LogP contribution in [0.15, 0.2) is 0 Å². The summed E-state index contributed by atoms with van der Waals surface area (Å²) >= 11 is 0. The van der Waals surface area contributed by atoms with Crippen LogP contribution in [0.3, 0.4) is 0 Å². The lowest BCUT2D eigenvalue weighted by molar-refractivity contribution is -0.304. The zero-order valence-electron chi connectivity index (χ0n) is 29.4. The number of epoxide rings is 1. The Bertz CT molecular complexity index is 1440. The van der Waals surface area contributed by atoms with E-state index in [0.717, 1.165) is 44.9 Å². The van der Waals surface area contributed by atoms with E-state index >= 15 is 0 Å². The van der Waals surface area contributed by atoms with Crippen molar-refractivity contribution in [2.75, 3.05) is 6.61 Å². The van der Waals surface area contributed by atoms with E-state index in [9.17, 15) is 24.9 Å². The van der Waals surface area contributed by atoms with E-state index in [2.05, 4.69) is 34.6 Å². The monoisotopic (exact) mass is 674 g/mol. The summed E-state index contributed by atoms with van der Waals surface area (Å²) in [5.41, 5.74) is -1.50. The van der Waals surface area contributed by atoms with Crippen LogP contribution in [0.2, 0.25) is 0 Å². The van der Waals surface area contributed by atoms with Crippen LogP contribution in [-0.4, -0.2) is 94.3 Å². The highest BCUT2D eigenvalue weighted by Gasteiger charge is 2.87. The molecular formula is C37H54O11. The molecule has 4 heterocycles. The highest BCUT2D eigenvalue weighted by molar-refractivity contribution is 5.86. The molecule has 0 bridgehead atoms. The normalized spacial score (nSPS) is 61.6. The highest BCUT2D eigenvalue weighted by Crippen LogP contribution is 2.89. The third-order valence-corrected chi connectivity index (χ3v) is 16.6. The van der Waals surface area contributed by atoms with Crippen LogP contribution in [0.4, 0.5) is 0 Å². The Hall–Kier alpha value is -1.34. The number of hydrogen-bond acceptors (Lipinski definition) is 11. The summed E-state index contributed by atoms with van der Waals surface area (Å²) in [7, 11) is 0. The molecule has 9 aliphatic rings. The van der Waals surface area contributed by atoms with Gasteiger partial charge in [0.1, 0.15) is 24.4 Å². The number of carbonyl (C=O) groups is 2. The molecule has 3 N–H and O–H groups in total. The molecular weight excluding hydrogens is 620 g/mol. The number of rotatable bonds is 3. The Kier molecular flexibility index (Phi) is 6.48. The van der Waals surface area contributed by atoms with Crippen molar-refractivity contribution in [3.63, 3.8) is 0 Å². The number of fused-ring (bicyclic) bond motifs is 6. The summed E-state index contributed by atoms with van der Waals surface area (Å²) in [5, 5.41) is 30.9. The Morgan fingerprint density at radius 2 is 1.62 bits per heavy atom. The summed E-state index contributed by atoms with van der Waals surface area (Å²) in [6, 6.07) is 0. The average Bonchev–Trinajstić information content (AvgIpc) is 3.84. The molecule has 268 valence electrons. The van der Waals surface area contributed by atoms with Crippen molar-refractivity contribution in [3.05, 3.63) is 0 Å². The van der Waals surface area contributed by atoms with Gasteiger partial charge in [-0.15, -0.1) is 0 Å². The maximum absolute atomic E-state index is 12.9. The number of aliphatic hydroxyl groups is 3. The van der Waals surface area contributed by atoms with Crippen LogP contribution in [-0.2, 0) is 38.0 Å².